The van der Waals surface area contributed by atoms with Crippen LogP contribution in [0.25, 0.3) is 5.95 Å². The molecule has 0 aliphatic rings. The fourth-order valence-corrected chi connectivity index (χ4v) is 2.96. The van der Waals surface area contributed by atoms with E-state index >= 15 is 0 Å². The molecule has 3 aromatic rings. The number of aromatic nitrogens is 4. The average molecular weight is 409 g/mol. The van der Waals surface area contributed by atoms with E-state index in [0.29, 0.717) is 18.1 Å². The van der Waals surface area contributed by atoms with Crippen LogP contribution in [-0.4, -0.2) is 32.3 Å². The van der Waals surface area contributed by atoms with Crippen molar-refractivity contribution in [3.63, 3.8) is 0 Å². The van der Waals surface area contributed by atoms with Crippen LogP contribution in [0.1, 0.15) is 44.1 Å². The second-order valence-electron chi connectivity index (χ2n) is 8.26. The van der Waals surface area contributed by atoms with E-state index in [2.05, 4.69) is 37.8 Å². The third-order valence-corrected chi connectivity index (χ3v) is 4.55. The Bertz CT molecular complexity index is 1060. The van der Waals surface area contributed by atoms with Gasteiger partial charge >= 0.3 is 6.03 Å². The number of nitrogens with zero attached hydrogens (tertiary/aromatic N) is 3. The number of nitrogens with one attached hydrogen (secondary N) is 3. The van der Waals surface area contributed by atoms with Gasteiger partial charge in [-0.3, -0.25) is 15.1 Å². The molecule has 2 amide bonds. The molecule has 0 atom stereocenters. The van der Waals surface area contributed by atoms with Gasteiger partial charge in [0, 0.05) is 29.8 Å². The molecule has 0 spiro atoms. The Balaban J connectivity index is 1.71. The largest absolute Gasteiger partial charge is 0.338 e. The summed E-state index contributed by atoms with van der Waals surface area (Å²) in [5, 5.41) is 10.3. The van der Waals surface area contributed by atoms with Gasteiger partial charge in [-0.1, -0.05) is 51.1 Å². The molecule has 158 valence electrons. The van der Waals surface area contributed by atoms with Crippen LogP contribution in [0.15, 0.2) is 47.3 Å². The third-order valence-electron chi connectivity index (χ3n) is 4.55. The molecule has 0 aliphatic carbocycles. The summed E-state index contributed by atoms with van der Waals surface area (Å²) in [7, 11) is 0. The van der Waals surface area contributed by atoms with Gasteiger partial charge in [0.1, 0.15) is 5.82 Å². The number of benzene rings is 1. The molecule has 0 saturated heterocycles. The summed E-state index contributed by atoms with van der Waals surface area (Å²) in [5.41, 5.74) is 2.06. The number of H-pyrrole nitrogens is 1. The molecule has 0 radical (unpaired) electrons. The highest BCUT2D eigenvalue weighted by Crippen LogP contribution is 2.25. The summed E-state index contributed by atoms with van der Waals surface area (Å²) < 4.78 is 1.46. The zero-order chi connectivity index (χ0) is 21.7. The average Bonchev–Trinajstić information content (AvgIpc) is 3.09. The van der Waals surface area contributed by atoms with Gasteiger partial charge in [0.05, 0.1) is 5.69 Å². The molecule has 3 rings (SSSR count). The van der Waals surface area contributed by atoms with Crippen molar-refractivity contribution in [3.8, 4) is 5.95 Å². The first kappa shape index (κ1) is 21.3. The number of carbonyl (C=O) groups excluding carboxylic acids is 1. The Kier molecular flexibility index (Phi) is 6.34. The van der Waals surface area contributed by atoms with Gasteiger partial charge in [0.2, 0.25) is 5.95 Å². The molecule has 0 fully saturated rings. The minimum absolute atomic E-state index is 0.238. The van der Waals surface area contributed by atoms with E-state index in [-0.39, 0.29) is 23.0 Å². The Hall–Kier alpha value is -3.42. The van der Waals surface area contributed by atoms with Crippen molar-refractivity contribution in [1.82, 2.24) is 25.1 Å². The zero-order valence-electron chi connectivity index (χ0n) is 17.8. The number of urea groups is 1. The highest BCUT2D eigenvalue weighted by atomic mass is 16.2. The van der Waals surface area contributed by atoms with E-state index in [0.717, 1.165) is 18.5 Å². The van der Waals surface area contributed by atoms with Crippen LogP contribution < -0.4 is 16.2 Å². The number of hydrogen-bond donors (Lipinski definition) is 3. The quantitative estimate of drug-likeness (QED) is 0.544. The van der Waals surface area contributed by atoms with Gasteiger partial charge < -0.3 is 5.32 Å². The molecule has 1 aromatic carbocycles. The Morgan fingerprint density at radius 1 is 1.17 bits per heavy atom. The molecule has 8 nitrogen and oxygen atoms in total. The van der Waals surface area contributed by atoms with Gasteiger partial charge in [0.25, 0.3) is 5.56 Å². The fourth-order valence-electron chi connectivity index (χ4n) is 2.96. The maximum atomic E-state index is 12.4. The molecule has 0 unspecified atom stereocenters. The molecule has 30 heavy (non-hydrogen) atoms. The number of aryl methyl sites for hydroxylation is 2. The van der Waals surface area contributed by atoms with Crippen LogP contribution in [0.3, 0.4) is 0 Å². The number of aromatic amines is 1. The van der Waals surface area contributed by atoms with Gasteiger partial charge in [-0.05, 0) is 25.3 Å². The Morgan fingerprint density at radius 3 is 2.57 bits per heavy atom. The van der Waals surface area contributed by atoms with Crippen LogP contribution in [0.5, 0.6) is 0 Å². The molecule has 0 bridgehead atoms. The third kappa shape index (κ3) is 5.56. The SMILES string of the molecule is Cc1cc(=O)[nH]c(-n2nc(C(C)(C)C)cc2NC(=O)NCCCc2ccccc2)n1. The normalized spacial score (nSPS) is 11.3. The van der Waals surface area contributed by atoms with Crippen LogP contribution in [0, 0.1) is 6.92 Å². The Morgan fingerprint density at radius 2 is 1.90 bits per heavy atom. The number of hydrogen-bond acceptors (Lipinski definition) is 4. The van der Waals surface area contributed by atoms with E-state index in [1.165, 1.54) is 16.3 Å². The highest BCUT2D eigenvalue weighted by molar-refractivity contribution is 5.88. The van der Waals surface area contributed by atoms with E-state index in [9.17, 15) is 9.59 Å². The van der Waals surface area contributed by atoms with Crippen molar-refractivity contribution in [3.05, 3.63) is 69.8 Å². The summed E-state index contributed by atoms with van der Waals surface area (Å²) in [4.78, 5) is 31.3. The number of rotatable bonds is 6. The first-order valence-corrected chi connectivity index (χ1v) is 10.00. The predicted octanol–water partition coefficient (Wildman–Crippen LogP) is 3.32. The van der Waals surface area contributed by atoms with E-state index < -0.39 is 0 Å². The number of carbonyl (C=O) groups is 1. The summed E-state index contributed by atoms with van der Waals surface area (Å²) >= 11 is 0. The molecular formula is C22H28N6O2. The first-order valence-electron chi connectivity index (χ1n) is 10.00. The lowest BCUT2D eigenvalue weighted by atomic mass is 9.92. The second kappa shape index (κ2) is 8.94. The molecule has 2 heterocycles. The van der Waals surface area contributed by atoms with Gasteiger partial charge in [0.15, 0.2) is 0 Å². The molecular weight excluding hydrogens is 380 g/mol. The minimum Gasteiger partial charge on any atom is -0.338 e. The maximum absolute atomic E-state index is 12.4. The molecule has 0 saturated carbocycles. The monoisotopic (exact) mass is 408 g/mol. The first-order chi connectivity index (χ1) is 14.2. The molecule has 0 aliphatic heterocycles. The van der Waals surface area contributed by atoms with Gasteiger partial charge in [-0.2, -0.15) is 9.78 Å². The van der Waals surface area contributed by atoms with Crippen molar-refractivity contribution >= 4 is 11.8 Å². The summed E-state index contributed by atoms with van der Waals surface area (Å²) in [6.07, 6.45) is 1.72. The predicted molar refractivity (Wildman–Crippen MR) is 117 cm³/mol. The summed E-state index contributed by atoms with van der Waals surface area (Å²) in [5.74, 6) is 0.698. The van der Waals surface area contributed by atoms with E-state index in [4.69, 9.17) is 0 Å². The highest BCUT2D eigenvalue weighted by Gasteiger charge is 2.22. The van der Waals surface area contributed by atoms with Crippen LogP contribution in [0.4, 0.5) is 10.6 Å². The molecule has 8 heteroatoms. The van der Waals surface area contributed by atoms with E-state index in [1.807, 2.05) is 39.0 Å². The lowest BCUT2D eigenvalue weighted by molar-refractivity contribution is 0.252. The smallest absolute Gasteiger partial charge is 0.320 e. The molecule has 3 N–H and O–H groups in total. The zero-order valence-corrected chi connectivity index (χ0v) is 17.8. The second-order valence-corrected chi connectivity index (χ2v) is 8.26. The minimum atomic E-state index is -0.334. The maximum Gasteiger partial charge on any atom is 0.320 e. The van der Waals surface area contributed by atoms with Crippen LogP contribution in [-0.2, 0) is 11.8 Å². The van der Waals surface area contributed by atoms with Crippen LogP contribution in [0.2, 0.25) is 0 Å². The lowest BCUT2D eigenvalue weighted by Crippen LogP contribution is -2.31. The summed E-state index contributed by atoms with van der Waals surface area (Å²) in [6.45, 7) is 8.36. The fraction of sp³-hybridized carbons (Fsp3) is 0.364. The van der Waals surface area contributed by atoms with Gasteiger partial charge in [-0.15, -0.1) is 0 Å². The van der Waals surface area contributed by atoms with E-state index in [1.54, 1.807) is 13.0 Å². The topological polar surface area (TPSA) is 105 Å². The number of amides is 2. The standard InChI is InChI=1S/C22H28N6O2/c1-15-13-19(29)26-20(24-15)28-18(14-17(27-28)22(2,3)4)25-21(30)23-12-8-11-16-9-6-5-7-10-16/h5-7,9-10,13-14H,8,11-12H2,1-4H3,(H2,23,25,30)(H,24,26,29). The van der Waals surface area contributed by atoms with Crippen molar-refractivity contribution in [2.45, 2.75) is 46.0 Å². The van der Waals surface area contributed by atoms with Crippen molar-refractivity contribution < 1.29 is 4.79 Å². The van der Waals surface area contributed by atoms with Crippen molar-refractivity contribution in [1.29, 1.82) is 0 Å². The molecule has 2 aromatic heterocycles. The van der Waals surface area contributed by atoms with Gasteiger partial charge in [-0.25, -0.2) is 9.78 Å². The Labute approximate surface area is 175 Å². The lowest BCUT2D eigenvalue weighted by Gasteiger charge is -2.13. The van der Waals surface area contributed by atoms with Crippen molar-refractivity contribution in [2.24, 2.45) is 0 Å². The number of anilines is 1. The summed E-state index contributed by atoms with van der Waals surface area (Å²) in [6, 6.07) is 13.0. The van der Waals surface area contributed by atoms with Crippen molar-refractivity contribution in [2.75, 3.05) is 11.9 Å². The van der Waals surface area contributed by atoms with Crippen LogP contribution >= 0.6 is 0 Å².